The molecule has 4 aromatic rings. The second-order valence-corrected chi connectivity index (χ2v) is 8.99. The Morgan fingerprint density at radius 1 is 0.789 bits per heavy atom. The molecule has 0 radical (unpaired) electrons. The van der Waals surface area contributed by atoms with Crippen molar-refractivity contribution in [2.75, 3.05) is 40.4 Å². The molecule has 4 aromatic carbocycles. The Hall–Kier alpha value is -4.53. The average Bonchev–Trinajstić information content (AvgIpc) is 3.30. The first-order valence-corrected chi connectivity index (χ1v) is 11.8. The summed E-state index contributed by atoms with van der Waals surface area (Å²) in [5, 5.41) is 6.37. The number of esters is 1. The summed E-state index contributed by atoms with van der Waals surface area (Å²) in [5.41, 5.74) is 2.21. The van der Waals surface area contributed by atoms with Crippen molar-refractivity contribution in [3.8, 4) is 23.0 Å². The molecule has 0 bridgehead atoms. The molecule has 6 rings (SSSR count). The van der Waals surface area contributed by atoms with Gasteiger partial charge in [0.25, 0.3) is 0 Å². The van der Waals surface area contributed by atoms with Crippen LogP contribution in [0.15, 0.2) is 53.7 Å². The van der Waals surface area contributed by atoms with Crippen LogP contribution in [0, 0.1) is 11.6 Å². The SMILES string of the molecule is COc1cc2c3c(c4cc(OC)c(OC)cc4c2cc1OC)C(c1ccc(F)cc1F)C1=C(COC1=O)N3. The van der Waals surface area contributed by atoms with Gasteiger partial charge in [0.05, 0.1) is 45.4 Å². The van der Waals surface area contributed by atoms with E-state index in [1.165, 1.54) is 26.4 Å². The van der Waals surface area contributed by atoms with Gasteiger partial charge in [-0.15, -0.1) is 0 Å². The van der Waals surface area contributed by atoms with Gasteiger partial charge in [-0.25, -0.2) is 13.6 Å². The number of hydrogen-bond donors (Lipinski definition) is 1. The van der Waals surface area contributed by atoms with E-state index in [9.17, 15) is 9.18 Å². The Kier molecular flexibility index (Phi) is 5.52. The molecule has 2 aliphatic heterocycles. The summed E-state index contributed by atoms with van der Waals surface area (Å²) in [5.74, 6) is -0.966. The number of carbonyl (C=O) groups excluding carboxylic acids is 1. The van der Waals surface area contributed by atoms with Gasteiger partial charge in [-0.1, -0.05) is 6.07 Å². The van der Waals surface area contributed by atoms with E-state index in [0.29, 0.717) is 45.3 Å². The lowest BCUT2D eigenvalue weighted by atomic mass is 9.77. The molecular weight excluding hydrogens is 496 g/mol. The van der Waals surface area contributed by atoms with Crippen molar-refractivity contribution in [2.45, 2.75) is 5.92 Å². The molecule has 0 saturated carbocycles. The Balaban J connectivity index is 1.82. The minimum Gasteiger partial charge on any atom is -0.493 e. The van der Waals surface area contributed by atoms with E-state index in [0.717, 1.165) is 22.2 Å². The van der Waals surface area contributed by atoms with Crippen LogP contribution in [0.2, 0.25) is 0 Å². The number of rotatable bonds is 5. The number of hydrogen-bond acceptors (Lipinski definition) is 7. The topological polar surface area (TPSA) is 75.2 Å². The lowest BCUT2D eigenvalue weighted by molar-refractivity contribution is -0.136. The van der Waals surface area contributed by atoms with Gasteiger partial charge in [0.1, 0.15) is 18.2 Å². The van der Waals surface area contributed by atoms with Crippen molar-refractivity contribution in [1.82, 2.24) is 0 Å². The standard InChI is InChI=1S/C29H23F2NO6/c1-34-21-8-15-16-9-22(35-2)24(37-4)11-18(16)28-26(17(15)10-23(21)36-3)25(14-6-5-13(30)7-19(14)31)27-20(32-28)12-38-29(27)33/h5-11,25,32H,12H2,1-4H3. The van der Waals surface area contributed by atoms with Crippen LogP contribution < -0.4 is 24.3 Å². The maximum absolute atomic E-state index is 15.4. The van der Waals surface area contributed by atoms with E-state index in [-0.39, 0.29) is 17.7 Å². The first kappa shape index (κ1) is 23.8. The fourth-order valence-corrected chi connectivity index (χ4v) is 5.50. The zero-order valence-electron chi connectivity index (χ0n) is 21.0. The van der Waals surface area contributed by atoms with E-state index in [2.05, 4.69) is 5.32 Å². The maximum Gasteiger partial charge on any atom is 0.337 e. The summed E-state index contributed by atoms with van der Waals surface area (Å²) in [7, 11) is 6.16. The molecule has 2 aliphatic rings. The van der Waals surface area contributed by atoms with Crippen molar-refractivity contribution in [3.05, 3.63) is 76.5 Å². The third kappa shape index (κ3) is 3.34. The van der Waals surface area contributed by atoms with E-state index in [1.807, 2.05) is 18.2 Å². The number of fused-ring (bicyclic) bond motifs is 6. The quantitative estimate of drug-likeness (QED) is 0.269. The van der Waals surface area contributed by atoms with Crippen LogP contribution in [0.3, 0.4) is 0 Å². The highest BCUT2D eigenvalue weighted by Gasteiger charge is 2.41. The van der Waals surface area contributed by atoms with Crippen molar-refractivity contribution in [3.63, 3.8) is 0 Å². The highest BCUT2D eigenvalue weighted by molar-refractivity contribution is 6.19. The number of methoxy groups -OCH3 is 4. The lowest BCUT2D eigenvalue weighted by Gasteiger charge is -2.31. The van der Waals surface area contributed by atoms with E-state index in [4.69, 9.17) is 23.7 Å². The number of benzene rings is 4. The molecule has 1 unspecified atom stereocenters. The number of cyclic esters (lactones) is 1. The summed E-state index contributed by atoms with van der Waals surface area (Å²) in [6.45, 7) is 0.00563. The van der Waals surface area contributed by atoms with Gasteiger partial charge in [0, 0.05) is 22.9 Å². The second-order valence-electron chi connectivity index (χ2n) is 8.99. The molecule has 1 N–H and O–H groups in total. The first-order chi connectivity index (χ1) is 18.4. The monoisotopic (exact) mass is 519 g/mol. The molecule has 194 valence electrons. The normalized spacial score (nSPS) is 16.2. The van der Waals surface area contributed by atoms with Crippen LogP contribution in [0.4, 0.5) is 14.5 Å². The first-order valence-electron chi connectivity index (χ1n) is 11.8. The Bertz CT molecular complexity index is 1700. The summed E-state index contributed by atoms with van der Waals surface area (Å²) in [4.78, 5) is 13.0. The van der Waals surface area contributed by atoms with Crippen LogP contribution in [0.5, 0.6) is 23.0 Å². The van der Waals surface area contributed by atoms with Crippen LogP contribution >= 0.6 is 0 Å². The molecule has 1 atom stereocenters. The summed E-state index contributed by atoms with van der Waals surface area (Å²) >= 11 is 0. The maximum atomic E-state index is 15.4. The van der Waals surface area contributed by atoms with Gasteiger partial charge < -0.3 is 29.0 Å². The van der Waals surface area contributed by atoms with Crippen molar-refractivity contribution in [1.29, 1.82) is 0 Å². The molecular formula is C29H23F2NO6. The van der Waals surface area contributed by atoms with E-state index in [1.54, 1.807) is 20.3 Å². The van der Waals surface area contributed by atoms with Gasteiger partial charge in [-0.3, -0.25) is 0 Å². The summed E-state index contributed by atoms with van der Waals surface area (Å²) in [6.07, 6.45) is 0. The minimum absolute atomic E-state index is 0.00563. The minimum atomic E-state index is -0.880. The highest BCUT2D eigenvalue weighted by atomic mass is 19.1. The Morgan fingerprint density at radius 2 is 1.34 bits per heavy atom. The molecule has 0 aliphatic carbocycles. The van der Waals surface area contributed by atoms with Crippen LogP contribution in [-0.2, 0) is 9.53 Å². The second kappa shape index (κ2) is 8.79. The van der Waals surface area contributed by atoms with E-state index >= 15 is 4.39 Å². The summed E-state index contributed by atoms with van der Waals surface area (Å²) < 4.78 is 57.1. The third-order valence-electron chi connectivity index (χ3n) is 7.19. The molecule has 9 heteroatoms. The van der Waals surface area contributed by atoms with E-state index < -0.39 is 23.5 Å². The predicted octanol–water partition coefficient (Wildman–Crippen LogP) is 5.67. The molecule has 0 aromatic heterocycles. The molecule has 0 amide bonds. The van der Waals surface area contributed by atoms with Gasteiger partial charge in [0.15, 0.2) is 23.0 Å². The van der Waals surface area contributed by atoms with Gasteiger partial charge in [0.2, 0.25) is 0 Å². The number of nitrogens with one attached hydrogen (secondary N) is 1. The third-order valence-corrected chi connectivity index (χ3v) is 7.19. The van der Waals surface area contributed by atoms with Crippen molar-refractivity contribution in [2.24, 2.45) is 0 Å². The largest absolute Gasteiger partial charge is 0.493 e. The van der Waals surface area contributed by atoms with Gasteiger partial charge in [-0.05, 0) is 52.1 Å². The fraction of sp³-hybridized carbons (Fsp3) is 0.207. The lowest BCUT2D eigenvalue weighted by Crippen LogP contribution is -2.21. The molecule has 7 nitrogen and oxygen atoms in total. The zero-order valence-corrected chi connectivity index (χ0v) is 21.0. The zero-order chi connectivity index (χ0) is 26.7. The molecule has 0 saturated heterocycles. The number of ether oxygens (including phenoxy) is 5. The molecule has 0 spiro atoms. The average molecular weight is 520 g/mol. The molecule has 0 fully saturated rings. The van der Waals surface area contributed by atoms with Gasteiger partial charge >= 0.3 is 5.97 Å². The Labute approximate surface area is 216 Å². The van der Waals surface area contributed by atoms with Crippen LogP contribution in [0.1, 0.15) is 17.0 Å². The Morgan fingerprint density at radius 3 is 1.92 bits per heavy atom. The highest BCUT2D eigenvalue weighted by Crippen LogP contribution is 2.53. The number of anilines is 1. The summed E-state index contributed by atoms with van der Waals surface area (Å²) in [6, 6.07) is 10.7. The predicted molar refractivity (Wildman–Crippen MR) is 137 cm³/mol. The van der Waals surface area contributed by atoms with Gasteiger partial charge in [-0.2, -0.15) is 0 Å². The molecule has 2 heterocycles. The fourth-order valence-electron chi connectivity index (χ4n) is 5.50. The smallest absolute Gasteiger partial charge is 0.337 e. The number of carbonyl (C=O) groups is 1. The number of halogens is 2. The van der Waals surface area contributed by atoms with Crippen molar-refractivity contribution < 1.29 is 37.3 Å². The van der Waals surface area contributed by atoms with Crippen LogP contribution in [0.25, 0.3) is 21.5 Å². The van der Waals surface area contributed by atoms with Crippen molar-refractivity contribution >= 4 is 33.2 Å². The van der Waals surface area contributed by atoms with Crippen LogP contribution in [-0.4, -0.2) is 41.0 Å². The molecule has 38 heavy (non-hydrogen) atoms.